The van der Waals surface area contributed by atoms with Crippen LogP contribution in [0.5, 0.6) is 0 Å². The normalized spacial score (nSPS) is 12.3. The molecule has 3 rings (SSSR count). The molecule has 38 heavy (non-hydrogen) atoms. The van der Waals surface area contributed by atoms with Crippen molar-refractivity contribution in [3.63, 3.8) is 0 Å². The number of amides is 2. The number of nitrogens with one attached hydrogen (secondary N) is 2. The maximum absolute atomic E-state index is 13.1. The van der Waals surface area contributed by atoms with Gasteiger partial charge in [-0.25, -0.2) is 8.42 Å². The number of aryl methyl sites for hydroxylation is 1. The minimum atomic E-state index is -3.93. The predicted molar refractivity (Wildman–Crippen MR) is 147 cm³/mol. The van der Waals surface area contributed by atoms with Crippen molar-refractivity contribution in [3.05, 3.63) is 65.9 Å². The van der Waals surface area contributed by atoms with Crippen molar-refractivity contribution in [1.29, 1.82) is 0 Å². The largest absolute Gasteiger partial charge is 0.360 e. The third-order valence-electron chi connectivity index (χ3n) is 6.21. The van der Waals surface area contributed by atoms with E-state index in [0.29, 0.717) is 23.3 Å². The van der Waals surface area contributed by atoms with E-state index in [0.717, 1.165) is 18.4 Å². The summed E-state index contributed by atoms with van der Waals surface area (Å²) >= 11 is 0. The summed E-state index contributed by atoms with van der Waals surface area (Å²) in [5, 5.41) is 6.41. The smallest absolute Gasteiger partial charge is 0.263 e. The van der Waals surface area contributed by atoms with E-state index in [1.807, 2.05) is 45.0 Å². The van der Waals surface area contributed by atoms with Gasteiger partial charge in [0.05, 0.1) is 4.90 Å². The second-order valence-electron chi connectivity index (χ2n) is 9.55. The lowest BCUT2D eigenvalue weighted by molar-refractivity contribution is -0.142. The summed E-state index contributed by atoms with van der Waals surface area (Å²) in [7, 11) is -2.36. The fourth-order valence-electron chi connectivity index (χ4n) is 4.30. The van der Waals surface area contributed by atoms with Gasteiger partial charge in [0.15, 0.2) is 5.82 Å². The van der Waals surface area contributed by atoms with Gasteiger partial charge in [0.2, 0.25) is 11.8 Å². The van der Waals surface area contributed by atoms with E-state index in [4.69, 9.17) is 4.52 Å². The molecular formula is C28H36N4O5S. The number of carbonyl (C=O) groups excluding carboxylic acids is 2. The topological polar surface area (TPSA) is 122 Å². The van der Waals surface area contributed by atoms with Crippen LogP contribution in [0.1, 0.15) is 51.4 Å². The van der Waals surface area contributed by atoms with Gasteiger partial charge >= 0.3 is 0 Å². The molecule has 2 N–H and O–H groups in total. The lowest BCUT2D eigenvalue weighted by Gasteiger charge is -2.33. The minimum Gasteiger partial charge on any atom is -0.360 e. The van der Waals surface area contributed by atoms with Gasteiger partial charge in [-0.2, -0.15) is 0 Å². The number of carbonyl (C=O) groups is 2. The molecule has 2 aromatic carbocycles. The Morgan fingerprint density at radius 2 is 1.76 bits per heavy atom. The molecule has 1 atom stereocenters. The quantitative estimate of drug-likeness (QED) is 0.342. The van der Waals surface area contributed by atoms with Crippen LogP contribution in [0.2, 0.25) is 0 Å². The summed E-state index contributed by atoms with van der Waals surface area (Å²) in [5.74, 6) is 0.262. The van der Waals surface area contributed by atoms with Gasteiger partial charge in [-0.3, -0.25) is 14.3 Å². The molecule has 0 saturated heterocycles. The number of aromatic nitrogens is 1. The van der Waals surface area contributed by atoms with Crippen molar-refractivity contribution in [2.75, 3.05) is 11.8 Å². The second-order valence-corrected chi connectivity index (χ2v) is 11.2. The predicted octanol–water partition coefficient (Wildman–Crippen LogP) is 4.74. The van der Waals surface area contributed by atoms with Crippen LogP contribution in [0.4, 0.5) is 5.82 Å². The highest BCUT2D eigenvalue weighted by atomic mass is 32.2. The van der Waals surface area contributed by atoms with Gasteiger partial charge in [0.1, 0.15) is 11.8 Å². The SMILES string of the molecule is CCCCC(=O)N(Cc1ccc(-c2ccccc2S(=O)(=O)Nc2cc(C)on2)cc1)C(C(=O)NC)C(C)C. The van der Waals surface area contributed by atoms with Crippen molar-refractivity contribution < 1.29 is 22.5 Å². The number of hydrogen-bond acceptors (Lipinski definition) is 6. The first-order valence-corrected chi connectivity index (χ1v) is 14.2. The Balaban J connectivity index is 1.90. The van der Waals surface area contributed by atoms with Crippen LogP contribution >= 0.6 is 0 Å². The van der Waals surface area contributed by atoms with Gasteiger partial charge in [-0.15, -0.1) is 0 Å². The third-order valence-corrected chi connectivity index (χ3v) is 7.62. The zero-order valence-electron chi connectivity index (χ0n) is 22.5. The highest BCUT2D eigenvalue weighted by molar-refractivity contribution is 7.92. The molecule has 0 fully saturated rings. The highest BCUT2D eigenvalue weighted by Crippen LogP contribution is 2.29. The van der Waals surface area contributed by atoms with Crippen molar-refractivity contribution in [1.82, 2.24) is 15.4 Å². The van der Waals surface area contributed by atoms with E-state index in [9.17, 15) is 18.0 Å². The maximum atomic E-state index is 13.1. The number of anilines is 1. The molecule has 1 unspecified atom stereocenters. The van der Waals surface area contributed by atoms with Crippen LogP contribution in [0.25, 0.3) is 11.1 Å². The maximum Gasteiger partial charge on any atom is 0.263 e. The minimum absolute atomic E-state index is 0.0659. The molecular weight excluding hydrogens is 504 g/mol. The molecule has 2 amide bonds. The number of nitrogens with zero attached hydrogens (tertiary/aromatic N) is 2. The molecule has 0 bridgehead atoms. The Hall–Kier alpha value is -3.66. The van der Waals surface area contributed by atoms with E-state index >= 15 is 0 Å². The van der Waals surface area contributed by atoms with Crippen molar-refractivity contribution in [2.45, 2.75) is 64.4 Å². The van der Waals surface area contributed by atoms with Crippen LogP contribution < -0.4 is 10.0 Å². The summed E-state index contributed by atoms with van der Waals surface area (Å²) in [6.45, 7) is 7.82. The molecule has 1 aromatic heterocycles. The van der Waals surface area contributed by atoms with E-state index in [1.54, 1.807) is 37.1 Å². The Bertz CT molecular complexity index is 1350. The first kappa shape index (κ1) is 28.9. The Kier molecular flexibility index (Phi) is 9.68. The number of hydrogen-bond donors (Lipinski definition) is 2. The highest BCUT2D eigenvalue weighted by Gasteiger charge is 2.31. The average molecular weight is 541 g/mol. The van der Waals surface area contributed by atoms with Crippen LogP contribution in [0.15, 0.2) is 64.0 Å². The van der Waals surface area contributed by atoms with Crippen LogP contribution in [0.3, 0.4) is 0 Å². The summed E-state index contributed by atoms with van der Waals surface area (Å²) in [5.41, 5.74) is 2.05. The standard InChI is InChI=1S/C28H36N4O5S/c1-6-7-12-26(33)32(27(19(2)3)28(34)29-5)18-21-13-15-22(16-14-21)23-10-8-9-11-24(23)38(35,36)31-25-17-20(4)37-30-25/h8-11,13-17,19,27H,6-7,12,18H2,1-5H3,(H,29,34)(H,30,31). The van der Waals surface area contributed by atoms with Crippen LogP contribution in [0, 0.1) is 12.8 Å². The van der Waals surface area contributed by atoms with Gasteiger partial charge in [-0.1, -0.05) is 74.8 Å². The molecule has 9 nitrogen and oxygen atoms in total. The molecule has 0 saturated carbocycles. The fourth-order valence-corrected chi connectivity index (χ4v) is 5.51. The number of rotatable bonds is 12. The molecule has 0 aliphatic heterocycles. The lowest BCUT2D eigenvalue weighted by Crippen LogP contribution is -2.51. The molecule has 0 aliphatic carbocycles. The van der Waals surface area contributed by atoms with Crippen molar-refractivity contribution >= 4 is 27.7 Å². The van der Waals surface area contributed by atoms with E-state index in [-0.39, 0.29) is 35.0 Å². The Morgan fingerprint density at radius 1 is 1.08 bits per heavy atom. The van der Waals surface area contributed by atoms with Crippen molar-refractivity contribution in [3.8, 4) is 11.1 Å². The van der Waals surface area contributed by atoms with Gasteiger partial charge < -0.3 is 14.7 Å². The van der Waals surface area contributed by atoms with Gasteiger partial charge in [0.25, 0.3) is 10.0 Å². The fraction of sp³-hybridized carbons (Fsp3) is 0.393. The lowest BCUT2D eigenvalue weighted by atomic mass is 9.99. The number of likely N-dealkylation sites (N-methyl/N-ethyl adjacent to an activating group) is 1. The number of unbranched alkanes of at least 4 members (excludes halogenated alkanes) is 1. The first-order valence-electron chi connectivity index (χ1n) is 12.7. The van der Waals surface area contributed by atoms with Gasteiger partial charge in [0, 0.05) is 31.6 Å². The average Bonchev–Trinajstić information content (AvgIpc) is 3.30. The summed E-state index contributed by atoms with van der Waals surface area (Å²) in [4.78, 5) is 27.6. The molecule has 1 heterocycles. The zero-order chi connectivity index (χ0) is 27.9. The summed E-state index contributed by atoms with van der Waals surface area (Å²) in [6, 6.07) is 15.0. The molecule has 0 radical (unpaired) electrons. The van der Waals surface area contributed by atoms with Crippen LogP contribution in [-0.4, -0.2) is 43.4 Å². The number of benzene rings is 2. The monoisotopic (exact) mass is 540 g/mol. The number of sulfonamides is 1. The zero-order valence-corrected chi connectivity index (χ0v) is 23.3. The first-order chi connectivity index (χ1) is 18.1. The molecule has 10 heteroatoms. The van der Waals surface area contributed by atoms with Gasteiger partial charge in [-0.05, 0) is 36.5 Å². The van der Waals surface area contributed by atoms with E-state index in [1.165, 1.54) is 12.1 Å². The second kappa shape index (κ2) is 12.7. The third kappa shape index (κ3) is 7.00. The summed E-state index contributed by atoms with van der Waals surface area (Å²) < 4.78 is 33.7. The Labute approximate surface area is 224 Å². The summed E-state index contributed by atoms with van der Waals surface area (Å²) in [6.07, 6.45) is 2.01. The Morgan fingerprint density at radius 3 is 2.34 bits per heavy atom. The molecule has 0 spiro atoms. The molecule has 204 valence electrons. The van der Waals surface area contributed by atoms with Crippen molar-refractivity contribution in [2.24, 2.45) is 5.92 Å². The van der Waals surface area contributed by atoms with Crippen LogP contribution in [-0.2, 0) is 26.2 Å². The van der Waals surface area contributed by atoms with E-state index in [2.05, 4.69) is 15.2 Å². The van der Waals surface area contributed by atoms with E-state index < -0.39 is 16.1 Å². The molecule has 3 aromatic rings. The molecule has 0 aliphatic rings.